The van der Waals surface area contributed by atoms with Gasteiger partial charge in [-0.05, 0) is 12.1 Å². The van der Waals surface area contributed by atoms with Crippen LogP contribution in [0.1, 0.15) is 0 Å². The summed E-state index contributed by atoms with van der Waals surface area (Å²) < 4.78 is 0.365. The van der Waals surface area contributed by atoms with Crippen molar-refractivity contribution in [3.63, 3.8) is 0 Å². The Labute approximate surface area is 147 Å². The molecule has 0 spiro atoms. The predicted molar refractivity (Wildman–Crippen MR) is 86.1 cm³/mol. The van der Waals surface area contributed by atoms with Gasteiger partial charge in [0, 0.05) is 11.9 Å². The van der Waals surface area contributed by atoms with E-state index in [4.69, 9.17) is 69.6 Å². The molecule has 20 heavy (non-hydrogen) atoms. The number of benzene rings is 1. The van der Waals surface area contributed by atoms with Crippen molar-refractivity contribution in [1.82, 2.24) is 13.8 Å². The smallest absolute Gasteiger partial charge is 0.247 e. The molecular formula is C9H3Cl6N3OS. The summed E-state index contributed by atoms with van der Waals surface area (Å²) in [6, 6.07) is 2.87. The summed E-state index contributed by atoms with van der Waals surface area (Å²) in [5, 5.41) is 4.57. The standard InChI is InChI=1S/C9H3Cl6N3OS/c10-4-1-6(12)7(2-5(4)11)17-3-16-18(8(17)19)20-9(13,14)15/h1-3H. The molecule has 0 saturated carbocycles. The molecule has 0 aliphatic heterocycles. The van der Waals surface area contributed by atoms with Crippen LogP contribution in [-0.4, -0.2) is 16.9 Å². The van der Waals surface area contributed by atoms with E-state index < -0.39 is 8.81 Å². The van der Waals surface area contributed by atoms with E-state index in [-0.39, 0.29) is 15.1 Å². The minimum atomic E-state index is -1.72. The van der Waals surface area contributed by atoms with Gasteiger partial charge in [-0.25, -0.2) is 9.36 Å². The largest absolute Gasteiger partial charge is 0.361 e. The summed E-state index contributed by atoms with van der Waals surface area (Å²) in [6.45, 7) is 0. The molecule has 0 saturated heterocycles. The third-order valence-electron chi connectivity index (χ3n) is 2.08. The van der Waals surface area contributed by atoms with Crippen LogP contribution in [0.2, 0.25) is 15.1 Å². The van der Waals surface area contributed by atoms with Crippen molar-refractivity contribution in [2.75, 3.05) is 0 Å². The van der Waals surface area contributed by atoms with Gasteiger partial charge in [-0.15, -0.1) is 9.19 Å². The van der Waals surface area contributed by atoms with Crippen LogP contribution in [-0.2, 0) is 0 Å². The third kappa shape index (κ3) is 3.71. The normalized spacial score (nSPS) is 11.9. The Morgan fingerprint density at radius 1 is 1.05 bits per heavy atom. The van der Waals surface area contributed by atoms with E-state index in [9.17, 15) is 4.79 Å². The Hall–Kier alpha value is 0.250. The highest BCUT2D eigenvalue weighted by molar-refractivity contribution is 8.03. The van der Waals surface area contributed by atoms with Gasteiger partial charge in [-0.3, -0.25) is 0 Å². The molecule has 1 aromatic carbocycles. The molecule has 0 atom stereocenters. The van der Waals surface area contributed by atoms with Crippen molar-refractivity contribution in [2.24, 2.45) is 0 Å². The number of nitrogens with zero attached hydrogens (tertiary/aromatic N) is 3. The number of hydrogen-bond acceptors (Lipinski definition) is 3. The van der Waals surface area contributed by atoms with Gasteiger partial charge in [-0.2, -0.15) is 0 Å². The van der Waals surface area contributed by atoms with Crippen LogP contribution in [0.3, 0.4) is 0 Å². The Kier molecular flexibility index (Phi) is 5.12. The molecule has 1 aromatic heterocycles. The van der Waals surface area contributed by atoms with Gasteiger partial charge >= 0.3 is 5.69 Å². The summed E-state index contributed by atoms with van der Waals surface area (Å²) in [6.07, 6.45) is 1.23. The molecule has 108 valence electrons. The Morgan fingerprint density at radius 2 is 1.65 bits per heavy atom. The quantitative estimate of drug-likeness (QED) is 0.523. The van der Waals surface area contributed by atoms with E-state index in [0.717, 1.165) is 8.65 Å². The average Bonchev–Trinajstić information content (AvgIpc) is 2.64. The highest BCUT2D eigenvalue weighted by atomic mass is 35.6. The molecule has 0 amide bonds. The molecule has 0 N–H and O–H groups in total. The summed E-state index contributed by atoms with van der Waals surface area (Å²) in [5.41, 5.74) is -0.233. The Bertz CT molecular complexity index is 707. The number of halogens is 6. The first-order valence-corrected chi connectivity index (χ1v) is 7.81. The second-order valence-electron chi connectivity index (χ2n) is 3.41. The molecule has 4 nitrogen and oxygen atoms in total. The van der Waals surface area contributed by atoms with E-state index in [2.05, 4.69) is 5.10 Å². The molecule has 2 aromatic rings. The van der Waals surface area contributed by atoms with Crippen LogP contribution in [0.5, 0.6) is 0 Å². The highest BCUT2D eigenvalue weighted by Crippen LogP contribution is 2.38. The maximum Gasteiger partial charge on any atom is 0.361 e. The van der Waals surface area contributed by atoms with Gasteiger partial charge in [0.2, 0.25) is 0 Å². The second-order valence-corrected chi connectivity index (χ2v) is 8.73. The summed E-state index contributed by atoms with van der Waals surface area (Å²) in [4.78, 5) is 12.1. The predicted octanol–water partition coefficient (Wildman–Crippen LogP) is 4.82. The van der Waals surface area contributed by atoms with Gasteiger partial charge in [0.25, 0.3) is 3.12 Å². The molecule has 1 heterocycles. The number of aromatic nitrogens is 3. The zero-order chi connectivity index (χ0) is 15.1. The van der Waals surface area contributed by atoms with E-state index in [1.54, 1.807) is 0 Å². The number of alkyl halides is 3. The fourth-order valence-corrected chi connectivity index (χ4v) is 2.98. The monoisotopic (exact) mass is 411 g/mol. The molecule has 0 unspecified atom stereocenters. The maximum atomic E-state index is 12.1. The fraction of sp³-hybridized carbons (Fsp3) is 0.111. The van der Waals surface area contributed by atoms with E-state index in [1.165, 1.54) is 18.5 Å². The second kappa shape index (κ2) is 6.16. The van der Waals surface area contributed by atoms with Crippen LogP contribution in [0.4, 0.5) is 0 Å². The van der Waals surface area contributed by atoms with E-state index in [1.807, 2.05) is 0 Å². The molecule has 0 bridgehead atoms. The lowest BCUT2D eigenvalue weighted by Gasteiger charge is -2.08. The lowest BCUT2D eigenvalue weighted by molar-refractivity contribution is 0.936. The Balaban J connectivity index is 2.50. The molecule has 11 heteroatoms. The van der Waals surface area contributed by atoms with Gasteiger partial charge in [-0.1, -0.05) is 69.6 Å². The molecule has 0 fully saturated rings. The van der Waals surface area contributed by atoms with Crippen molar-refractivity contribution in [3.8, 4) is 5.69 Å². The van der Waals surface area contributed by atoms with Gasteiger partial charge in [0.1, 0.15) is 6.33 Å². The molecule has 0 aliphatic rings. The fourth-order valence-electron chi connectivity index (χ4n) is 1.31. The van der Waals surface area contributed by atoms with Crippen LogP contribution < -0.4 is 5.69 Å². The average molecular weight is 414 g/mol. The summed E-state index contributed by atoms with van der Waals surface area (Å²) in [7, 11) is 0. The minimum Gasteiger partial charge on any atom is -0.247 e. The number of rotatable bonds is 2. The molecule has 0 radical (unpaired) electrons. The van der Waals surface area contributed by atoms with Crippen LogP contribution in [0.15, 0.2) is 23.3 Å². The van der Waals surface area contributed by atoms with Crippen LogP contribution in [0, 0.1) is 0 Å². The van der Waals surface area contributed by atoms with Gasteiger partial charge in [0.15, 0.2) is 0 Å². The van der Waals surface area contributed by atoms with Gasteiger partial charge < -0.3 is 0 Å². The minimum absolute atomic E-state index is 0.236. The van der Waals surface area contributed by atoms with Crippen molar-refractivity contribution in [1.29, 1.82) is 0 Å². The molecule has 2 rings (SSSR count). The number of hydrogen-bond donors (Lipinski definition) is 0. The Morgan fingerprint density at radius 3 is 2.25 bits per heavy atom. The SMILES string of the molecule is O=c1n(-c2cc(Cl)c(Cl)cc2Cl)cnn1SC(Cl)(Cl)Cl. The van der Waals surface area contributed by atoms with Crippen molar-refractivity contribution >= 4 is 81.6 Å². The first kappa shape index (κ1) is 16.6. The van der Waals surface area contributed by atoms with Crippen molar-refractivity contribution in [2.45, 2.75) is 3.12 Å². The lowest BCUT2D eigenvalue weighted by Crippen LogP contribution is -2.22. The maximum absolute atomic E-state index is 12.1. The van der Waals surface area contributed by atoms with E-state index >= 15 is 0 Å². The van der Waals surface area contributed by atoms with E-state index in [0.29, 0.717) is 17.6 Å². The van der Waals surface area contributed by atoms with Crippen molar-refractivity contribution < 1.29 is 0 Å². The van der Waals surface area contributed by atoms with Crippen LogP contribution >= 0.6 is 81.6 Å². The lowest BCUT2D eigenvalue weighted by atomic mass is 10.3. The molecular weight excluding hydrogens is 411 g/mol. The highest BCUT2D eigenvalue weighted by Gasteiger charge is 2.25. The third-order valence-corrected chi connectivity index (χ3v) is 4.36. The zero-order valence-electron chi connectivity index (χ0n) is 9.16. The van der Waals surface area contributed by atoms with Gasteiger partial charge in [0.05, 0.1) is 20.8 Å². The molecule has 0 aliphatic carbocycles. The zero-order valence-corrected chi connectivity index (χ0v) is 14.5. The first-order chi connectivity index (χ1) is 9.19. The topological polar surface area (TPSA) is 39.8 Å². The summed E-state index contributed by atoms with van der Waals surface area (Å²) in [5.74, 6) is 0. The van der Waals surface area contributed by atoms with Crippen molar-refractivity contribution in [3.05, 3.63) is 44.0 Å². The van der Waals surface area contributed by atoms with Crippen LogP contribution in [0.25, 0.3) is 5.69 Å². The summed E-state index contributed by atoms with van der Waals surface area (Å²) >= 11 is 35.1. The first-order valence-electron chi connectivity index (χ1n) is 4.77.